The minimum atomic E-state index is -0.421. The standard InChI is InChI=1S/C18H20N2O3/c1-3-20(4-2)18(23)13-8-7-9-14(12-13)19-17(22)15-10-5-6-11-16(15)21/h5-12,21H,3-4H2,1-2H3,(H,19,22). The molecule has 2 aromatic rings. The number of phenolic OH excluding ortho intramolecular Hbond substituents is 1. The second kappa shape index (κ2) is 7.45. The van der Waals surface area contributed by atoms with Gasteiger partial charge in [-0.05, 0) is 44.2 Å². The van der Waals surface area contributed by atoms with E-state index in [4.69, 9.17) is 0 Å². The van der Waals surface area contributed by atoms with E-state index in [1.54, 1.807) is 41.3 Å². The second-order valence-electron chi connectivity index (χ2n) is 5.03. The van der Waals surface area contributed by atoms with Crippen molar-refractivity contribution in [2.75, 3.05) is 18.4 Å². The lowest BCUT2D eigenvalue weighted by atomic mass is 10.1. The minimum absolute atomic E-state index is 0.0753. The first-order chi connectivity index (χ1) is 11.1. The molecule has 0 fully saturated rings. The van der Waals surface area contributed by atoms with Gasteiger partial charge < -0.3 is 15.3 Å². The molecule has 0 saturated heterocycles. The molecular formula is C18H20N2O3. The Morgan fingerprint density at radius 2 is 1.74 bits per heavy atom. The Hall–Kier alpha value is -2.82. The number of benzene rings is 2. The van der Waals surface area contributed by atoms with Crippen molar-refractivity contribution in [2.24, 2.45) is 0 Å². The average molecular weight is 312 g/mol. The maximum absolute atomic E-state index is 12.3. The number of carbonyl (C=O) groups is 2. The molecule has 0 aliphatic heterocycles. The van der Waals surface area contributed by atoms with E-state index in [9.17, 15) is 14.7 Å². The van der Waals surface area contributed by atoms with Crippen molar-refractivity contribution in [2.45, 2.75) is 13.8 Å². The van der Waals surface area contributed by atoms with Crippen molar-refractivity contribution >= 4 is 17.5 Å². The minimum Gasteiger partial charge on any atom is -0.507 e. The predicted molar refractivity (Wildman–Crippen MR) is 89.8 cm³/mol. The Morgan fingerprint density at radius 3 is 2.39 bits per heavy atom. The summed E-state index contributed by atoms with van der Waals surface area (Å²) < 4.78 is 0. The molecule has 0 radical (unpaired) electrons. The number of para-hydroxylation sites is 1. The highest BCUT2D eigenvalue weighted by Gasteiger charge is 2.14. The lowest BCUT2D eigenvalue weighted by Gasteiger charge is -2.19. The summed E-state index contributed by atoms with van der Waals surface area (Å²) in [7, 11) is 0. The molecule has 0 atom stereocenters. The van der Waals surface area contributed by atoms with E-state index >= 15 is 0 Å². The zero-order chi connectivity index (χ0) is 16.8. The maximum Gasteiger partial charge on any atom is 0.259 e. The summed E-state index contributed by atoms with van der Waals surface area (Å²) in [6, 6.07) is 13.1. The van der Waals surface area contributed by atoms with Crippen LogP contribution >= 0.6 is 0 Å². The molecule has 0 unspecified atom stereocenters. The molecule has 0 saturated carbocycles. The highest BCUT2D eigenvalue weighted by atomic mass is 16.3. The van der Waals surface area contributed by atoms with E-state index < -0.39 is 5.91 Å². The molecule has 2 N–H and O–H groups in total. The molecule has 23 heavy (non-hydrogen) atoms. The van der Waals surface area contributed by atoms with Crippen molar-refractivity contribution < 1.29 is 14.7 Å². The number of aromatic hydroxyl groups is 1. The zero-order valence-electron chi connectivity index (χ0n) is 13.2. The number of hydrogen-bond donors (Lipinski definition) is 2. The SMILES string of the molecule is CCN(CC)C(=O)c1cccc(NC(=O)c2ccccc2O)c1. The average Bonchev–Trinajstić information content (AvgIpc) is 2.56. The van der Waals surface area contributed by atoms with E-state index in [2.05, 4.69) is 5.32 Å². The van der Waals surface area contributed by atoms with Crippen molar-refractivity contribution in [1.82, 2.24) is 4.90 Å². The molecule has 0 aliphatic rings. The normalized spacial score (nSPS) is 10.2. The third-order valence-electron chi connectivity index (χ3n) is 3.57. The van der Waals surface area contributed by atoms with Gasteiger partial charge in [-0.1, -0.05) is 18.2 Å². The summed E-state index contributed by atoms with van der Waals surface area (Å²) in [5.74, 6) is -0.579. The maximum atomic E-state index is 12.3. The topological polar surface area (TPSA) is 69.6 Å². The Morgan fingerprint density at radius 1 is 1.04 bits per heavy atom. The quantitative estimate of drug-likeness (QED) is 0.891. The first kappa shape index (κ1) is 16.5. The summed E-state index contributed by atoms with van der Waals surface area (Å²) >= 11 is 0. The lowest BCUT2D eigenvalue weighted by Crippen LogP contribution is -2.30. The number of phenols is 1. The summed E-state index contributed by atoms with van der Waals surface area (Å²) in [4.78, 5) is 26.3. The molecule has 120 valence electrons. The molecule has 0 bridgehead atoms. The first-order valence-corrected chi connectivity index (χ1v) is 7.55. The van der Waals surface area contributed by atoms with Crippen LogP contribution in [0.1, 0.15) is 34.6 Å². The number of carbonyl (C=O) groups excluding carboxylic acids is 2. The van der Waals surface area contributed by atoms with Crippen molar-refractivity contribution in [3.63, 3.8) is 0 Å². The van der Waals surface area contributed by atoms with Gasteiger partial charge in [0.1, 0.15) is 5.75 Å². The number of amides is 2. The first-order valence-electron chi connectivity index (χ1n) is 7.55. The molecule has 0 heterocycles. The van der Waals surface area contributed by atoms with Gasteiger partial charge in [0, 0.05) is 24.3 Å². The van der Waals surface area contributed by atoms with Gasteiger partial charge in [0.15, 0.2) is 0 Å². The van der Waals surface area contributed by atoms with Crippen LogP contribution in [0.25, 0.3) is 0 Å². The molecule has 0 aliphatic carbocycles. The van der Waals surface area contributed by atoms with Crippen LogP contribution in [0.15, 0.2) is 48.5 Å². The van der Waals surface area contributed by atoms with Crippen molar-refractivity contribution in [1.29, 1.82) is 0 Å². The van der Waals surface area contributed by atoms with Crippen LogP contribution in [0.3, 0.4) is 0 Å². The Kier molecular flexibility index (Phi) is 5.36. The Labute approximate surface area is 135 Å². The molecule has 5 nitrogen and oxygen atoms in total. The molecule has 0 aromatic heterocycles. The number of nitrogens with zero attached hydrogens (tertiary/aromatic N) is 1. The van der Waals surface area contributed by atoms with Crippen molar-refractivity contribution in [3.05, 3.63) is 59.7 Å². The van der Waals surface area contributed by atoms with E-state index in [1.165, 1.54) is 12.1 Å². The fourth-order valence-electron chi connectivity index (χ4n) is 2.29. The summed E-state index contributed by atoms with van der Waals surface area (Å²) in [5, 5.41) is 12.4. The number of hydrogen-bond acceptors (Lipinski definition) is 3. The smallest absolute Gasteiger partial charge is 0.259 e. The van der Waals surface area contributed by atoms with Crippen LogP contribution in [0, 0.1) is 0 Å². The second-order valence-corrected chi connectivity index (χ2v) is 5.03. The Bertz CT molecular complexity index is 709. The monoisotopic (exact) mass is 312 g/mol. The molecule has 2 rings (SSSR count). The van der Waals surface area contributed by atoms with Crippen LogP contribution in [-0.2, 0) is 0 Å². The molecule has 2 amide bonds. The predicted octanol–water partition coefficient (Wildman–Crippen LogP) is 3.13. The summed E-state index contributed by atoms with van der Waals surface area (Å²) in [6.45, 7) is 5.10. The van der Waals surface area contributed by atoms with Crippen LogP contribution in [-0.4, -0.2) is 34.9 Å². The van der Waals surface area contributed by atoms with Gasteiger partial charge in [0.05, 0.1) is 5.56 Å². The van der Waals surface area contributed by atoms with E-state index in [-0.39, 0.29) is 17.2 Å². The lowest BCUT2D eigenvalue weighted by molar-refractivity contribution is 0.0772. The van der Waals surface area contributed by atoms with Gasteiger partial charge >= 0.3 is 0 Å². The molecular weight excluding hydrogens is 292 g/mol. The van der Waals surface area contributed by atoms with Gasteiger partial charge in [-0.2, -0.15) is 0 Å². The van der Waals surface area contributed by atoms with Gasteiger partial charge in [0.2, 0.25) is 0 Å². The number of rotatable bonds is 5. The third kappa shape index (κ3) is 3.88. The zero-order valence-corrected chi connectivity index (χ0v) is 13.2. The van der Waals surface area contributed by atoms with E-state index in [1.807, 2.05) is 13.8 Å². The summed E-state index contributed by atoms with van der Waals surface area (Å²) in [6.07, 6.45) is 0. The van der Waals surface area contributed by atoms with Crippen LogP contribution in [0.4, 0.5) is 5.69 Å². The van der Waals surface area contributed by atoms with Crippen LogP contribution < -0.4 is 5.32 Å². The highest BCUT2D eigenvalue weighted by molar-refractivity contribution is 6.06. The van der Waals surface area contributed by atoms with Crippen LogP contribution in [0.5, 0.6) is 5.75 Å². The fraction of sp³-hybridized carbons (Fsp3) is 0.222. The summed E-state index contributed by atoms with van der Waals surface area (Å²) in [5.41, 5.74) is 1.22. The molecule has 2 aromatic carbocycles. The van der Waals surface area contributed by atoms with Gasteiger partial charge in [0.25, 0.3) is 11.8 Å². The highest BCUT2D eigenvalue weighted by Crippen LogP contribution is 2.19. The third-order valence-corrected chi connectivity index (χ3v) is 3.57. The number of anilines is 1. The molecule has 0 spiro atoms. The van der Waals surface area contributed by atoms with E-state index in [0.29, 0.717) is 24.3 Å². The van der Waals surface area contributed by atoms with Gasteiger partial charge in [-0.3, -0.25) is 9.59 Å². The van der Waals surface area contributed by atoms with Gasteiger partial charge in [-0.25, -0.2) is 0 Å². The van der Waals surface area contributed by atoms with Gasteiger partial charge in [-0.15, -0.1) is 0 Å². The fourth-order valence-corrected chi connectivity index (χ4v) is 2.29. The van der Waals surface area contributed by atoms with Crippen molar-refractivity contribution in [3.8, 4) is 5.75 Å². The Balaban J connectivity index is 2.19. The van der Waals surface area contributed by atoms with E-state index in [0.717, 1.165) is 0 Å². The molecule has 5 heteroatoms. The largest absolute Gasteiger partial charge is 0.507 e. The van der Waals surface area contributed by atoms with Crippen LogP contribution in [0.2, 0.25) is 0 Å². The number of nitrogens with one attached hydrogen (secondary N) is 1.